The quantitative estimate of drug-likeness (QED) is 0.0498. The van der Waals surface area contributed by atoms with Gasteiger partial charge in [-0.05, 0) is 179 Å². The van der Waals surface area contributed by atoms with E-state index in [0.717, 1.165) is 38.9 Å². The molecule has 2 aliphatic rings. The van der Waals surface area contributed by atoms with Crippen molar-refractivity contribution in [2.75, 3.05) is 0 Å². The summed E-state index contributed by atoms with van der Waals surface area (Å²) in [6.07, 6.45) is 0. The van der Waals surface area contributed by atoms with Crippen LogP contribution in [0.15, 0.2) is 277 Å². The van der Waals surface area contributed by atoms with Gasteiger partial charge in [0.2, 0.25) is 14.0 Å². The minimum absolute atomic E-state index is 0.0248. The molecule has 0 bridgehead atoms. The average Bonchev–Trinajstić information content (AvgIpc) is 1.66. The maximum Gasteiger partial charge on any atom is 0.355 e. The lowest BCUT2D eigenvalue weighted by molar-refractivity contribution is 0.0761. The molecule has 12 rings (SSSR count). The zero-order valence-electron chi connectivity index (χ0n) is 59.7. The van der Waals surface area contributed by atoms with Crippen molar-refractivity contribution in [2.45, 2.75) is 109 Å². The molecule has 0 saturated heterocycles. The minimum atomic E-state index is -4.13. The summed E-state index contributed by atoms with van der Waals surface area (Å²) in [5.74, 6) is -2.78. The van der Waals surface area contributed by atoms with E-state index >= 15 is 0 Å². The number of benzene rings is 10. The van der Waals surface area contributed by atoms with Crippen LogP contribution in [-0.2, 0) is 85.3 Å². The molecule has 109 heavy (non-hydrogen) atoms. The molecule has 10 aromatic carbocycles. The molecular formula is C76H74N4O21S8. The molecule has 2 heterocycles. The van der Waals surface area contributed by atoms with Crippen molar-refractivity contribution in [3.05, 3.63) is 315 Å². The first-order chi connectivity index (χ1) is 50.8. The fourth-order valence-electron chi connectivity index (χ4n) is 9.22. The predicted molar refractivity (Wildman–Crippen MR) is 411 cm³/mol. The first kappa shape index (κ1) is 85.9. The van der Waals surface area contributed by atoms with E-state index < -0.39 is 92.8 Å². The van der Waals surface area contributed by atoms with E-state index in [9.17, 15) is 82.9 Å². The van der Waals surface area contributed by atoms with Crippen LogP contribution >= 0.6 is 10.8 Å². The number of nitrogens with one attached hydrogen (secondary N) is 4. The highest BCUT2D eigenvalue weighted by Crippen LogP contribution is 2.37. The summed E-state index contributed by atoms with van der Waals surface area (Å²) >= 11 is 0. The second-order valence-corrected chi connectivity index (χ2v) is 39.0. The Bertz CT molecular complexity index is 5690. The summed E-state index contributed by atoms with van der Waals surface area (Å²) < 4.78 is 178. The lowest BCUT2D eigenvalue weighted by Crippen LogP contribution is -2.30. The molecule has 0 radical (unpaired) electrons. The Labute approximate surface area is 638 Å². The normalized spacial score (nSPS) is 13.2. The molecule has 33 heteroatoms. The SMILES string of the molecule is Cc1ccc(C(=O)NS(=O)(=O)c2ccc(C)cc2)cc1.Cc1ccc(S(=O)(=O)NC(=O)c2ccc(C(C)(C)C)cc2)cc1.Cc1ccc(S(=O)(=O)NC(=O)c2ccc(CO)cc2)cc1.Cc1ccc(S(=O)(=O)NS(=O)(=O)c2ccc(C)cc2)cc1.O=C1OS(=O)(=O)c2ccccc21.O=C1SS(=O)(=O)c2ccccc21. The largest absolute Gasteiger partial charge is 0.392 e. The second-order valence-electron chi connectivity index (χ2n) is 25.1. The van der Waals surface area contributed by atoms with Gasteiger partial charge in [0, 0.05) is 22.3 Å². The fraction of sp³-hybridized carbons (Fsp3) is 0.145. The molecule has 3 amide bonds. The third-order valence-electron chi connectivity index (χ3n) is 15.4. The van der Waals surface area contributed by atoms with Crippen molar-refractivity contribution in [2.24, 2.45) is 0 Å². The second kappa shape index (κ2) is 35.8. The van der Waals surface area contributed by atoms with Crippen LogP contribution in [0, 0.1) is 41.5 Å². The molecule has 10 aromatic rings. The van der Waals surface area contributed by atoms with Crippen LogP contribution in [0.4, 0.5) is 0 Å². The van der Waals surface area contributed by atoms with Gasteiger partial charge in [0.05, 0.1) is 52.3 Å². The number of fused-ring (bicyclic) bond motifs is 2. The number of carbonyl (C=O) groups excluding carboxylic acids is 5. The number of aliphatic hydroxyl groups is 1. The van der Waals surface area contributed by atoms with Crippen molar-refractivity contribution >= 4 is 109 Å². The molecule has 0 unspecified atom stereocenters. The summed E-state index contributed by atoms with van der Waals surface area (Å²) in [6.45, 7) is 17.2. The Morgan fingerprint density at radius 1 is 0.376 bits per heavy atom. The average molecular weight is 1640 g/mol. The number of sulfonamides is 5. The van der Waals surface area contributed by atoms with Crippen LogP contribution in [0.5, 0.6) is 0 Å². The van der Waals surface area contributed by atoms with Crippen molar-refractivity contribution in [1.29, 1.82) is 0 Å². The topological polar surface area (TPSA) is 402 Å². The van der Waals surface area contributed by atoms with E-state index in [2.05, 4.69) is 34.4 Å². The van der Waals surface area contributed by atoms with Gasteiger partial charge < -0.3 is 9.29 Å². The van der Waals surface area contributed by atoms with Crippen LogP contribution < -0.4 is 18.3 Å². The van der Waals surface area contributed by atoms with Gasteiger partial charge in [0.1, 0.15) is 4.90 Å². The van der Waals surface area contributed by atoms with Gasteiger partial charge in [0.15, 0.2) is 0 Å². The number of hydrogen-bond donors (Lipinski definition) is 5. The van der Waals surface area contributed by atoms with Gasteiger partial charge in [-0.1, -0.05) is 175 Å². The van der Waals surface area contributed by atoms with Crippen LogP contribution in [0.3, 0.4) is 0 Å². The number of amides is 3. The molecular weight excluding hydrogens is 1560 g/mol. The molecule has 0 aromatic heterocycles. The zero-order chi connectivity index (χ0) is 80.7. The fourth-order valence-corrected chi connectivity index (χ4v) is 19.0. The molecule has 0 saturated carbocycles. The maximum absolute atomic E-state index is 12.2. The third kappa shape index (κ3) is 24.1. The Hall–Kier alpha value is -10.3. The van der Waals surface area contributed by atoms with Crippen LogP contribution in [-0.4, -0.2) is 92.8 Å². The maximum atomic E-state index is 12.2. The Kier molecular flexibility index (Phi) is 28.2. The van der Waals surface area contributed by atoms with Gasteiger partial charge in [0.25, 0.3) is 67.8 Å². The molecule has 0 atom stereocenters. The standard InChI is InChI=1S/C18H21NO3S.C15H15NO4S.C15H15NO3S.C14H15NO4S2.C7H4O4S.C7H4O3S2/c1-13-5-11-16(12-6-13)23(21,22)19-17(20)14-7-9-15(10-8-14)18(2,3)4;1-11-2-8-14(9-3-11)21(19,20)16-15(18)13-6-4-12(10-17)5-7-13;1-11-3-7-13(8-4-11)15(17)16-20(18,19)14-9-5-12(2)6-10-14;1-11-3-7-13(8-4-11)20(16,17)15-21(18,19)14-9-5-12(2)6-10-14;2*8-7-5-3-1-2-4-6(5)12(9,10)11-7/h5-12H,1-4H3,(H,19,20);2-9,17H,10H2,1H3,(H,16,18);3-10H,1-2H3,(H,16,17);3-10,15H,1-2H3;2*1-4H. The number of carbonyl (C=O) groups is 5. The summed E-state index contributed by atoms with van der Waals surface area (Å²) in [7, 11) is -26.7. The molecule has 25 nitrogen and oxygen atoms in total. The summed E-state index contributed by atoms with van der Waals surface area (Å²) in [4.78, 5) is 58.1. The Morgan fingerprint density at radius 2 is 0.651 bits per heavy atom. The Morgan fingerprint density at radius 3 is 0.954 bits per heavy atom. The van der Waals surface area contributed by atoms with E-state index in [-0.39, 0.29) is 62.5 Å². The number of hydrogen-bond acceptors (Lipinski definition) is 22. The van der Waals surface area contributed by atoms with E-state index in [1.165, 1.54) is 97.1 Å². The van der Waals surface area contributed by atoms with Gasteiger partial charge in [-0.2, -0.15) is 8.42 Å². The first-order valence-electron chi connectivity index (χ1n) is 32.2. The molecule has 0 spiro atoms. The third-order valence-corrected chi connectivity index (χ3v) is 27.4. The highest BCUT2D eigenvalue weighted by molar-refractivity contribution is 8.78. The van der Waals surface area contributed by atoms with Crippen LogP contribution in [0.1, 0.15) is 117 Å². The number of aryl methyl sites for hydroxylation is 6. The van der Waals surface area contributed by atoms with E-state index in [1.54, 1.807) is 138 Å². The molecule has 5 N–H and O–H groups in total. The van der Waals surface area contributed by atoms with Crippen molar-refractivity contribution in [3.63, 3.8) is 0 Å². The number of aliphatic hydroxyl groups excluding tert-OH is 1. The van der Waals surface area contributed by atoms with Gasteiger partial charge >= 0.3 is 16.1 Å². The van der Waals surface area contributed by atoms with E-state index in [0.29, 0.717) is 33.0 Å². The molecule has 2 aliphatic heterocycles. The smallest absolute Gasteiger partial charge is 0.355 e. The minimum Gasteiger partial charge on any atom is -0.392 e. The van der Waals surface area contributed by atoms with Gasteiger partial charge in [-0.25, -0.2) is 69.5 Å². The monoisotopic (exact) mass is 1630 g/mol. The van der Waals surface area contributed by atoms with Gasteiger partial charge in [-0.15, -0.1) is 4.13 Å². The van der Waals surface area contributed by atoms with E-state index in [1.807, 2.05) is 58.4 Å². The molecule has 572 valence electrons. The zero-order valence-corrected chi connectivity index (χ0v) is 66.2. The van der Waals surface area contributed by atoms with Crippen LogP contribution in [0.25, 0.3) is 0 Å². The summed E-state index contributed by atoms with van der Waals surface area (Å²) in [5, 5.41) is 8.54. The lowest BCUT2D eigenvalue weighted by atomic mass is 9.87. The van der Waals surface area contributed by atoms with Crippen LogP contribution in [0.2, 0.25) is 0 Å². The predicted octanol–water partition coefficient (Wildman–Crippen LogP) is 11.2. The highest BCUT2D eigenvalue weighted by Gasteiger charge is 2.36. The first-order valence-corrected chi connectivity index (χ1v) is 43.8. The summed E-state index contributed by atoms with van der Waals surface area (Å²) in [5.41, 5.74) is 8.55. The van der Waals surface area contributed by atoms with Crippen molar-refractivity contribution < 1.29 is 92.2 Å². The number of rotatable bonds is 14. The molecule has 0 fully saturated rings. The van der Waals surface area contributed by atoms with Gasteiger partial charge in [-0.3, -0.25) is 19.2 Å². The summed E-state index contributed by atoms with van der Waals surface area (Å²) in [6, 6.07) is 62.6. The lowest BCUT2D eigenvalue weighted by Gasteiger charge is -2.19. The van der Waals surface area contributed by atoms with Crippen molar-refractivity contribution in [1.82, 2.24) is 18.3 Å². The van der Waals surface area contributed by atoms with E-state index in [4.69, 9.17) is 5.11 Å². The highest BCUT2D eigenvalue weighted by atomic mass is 33.1. The Balaban J connectivity index is 0.000000184. The van der Waals surface area contributed by atoms with Crippen molar-refractivity contribution in [3.8, 4) is 0 Å². The molecule has 0 aliphatic carbocycles.